The van der Waals surface area contributed by atoms with E-state index in [2.05, 4.69) is 11.9 Å². The second-order valence-electron chi connectivity index (χ2n) is 3.68. The monoisotopic (exact) mass is 201 g/mol. The number of rotatable bonds is 6. The van der Waals surface area contributed by atoms with E-state index < -0.39 is 0 Å². The maximum Gasteiger partial charge on any atom is 0.0948 e. The summed E-state index contributed by atoms with van der Waals surface area (Å²) in [5, 5.41) is 12.6. The molecule has 0 aromatic heterocycles. The molecule has 1 aliphatic heterocycles. The Morgan fingerprint density at radius 1 is 1.64 bits per heavy atom. The van der Waals surface area contributed by atoms with Crippen molar-refractivity contribution in [2.24, 2.45) is 0 Å². The van der Waals surface area contributed by atoms with Crippen LogP contribution in [0.25, 0.3) is 0 Å². The molecule has 14 heavy (non-hydrogen) atoms. The van der Waals surface area contributed by atoms with Gasteiger partial charge in [0.1, 0.15) is 0 Å². The van der Waals surface area contributed by atoms with Crippen molar-refractivity contribution in [3.8, 4) is 0 Å². The molecule has 4 nitrogen and oxygen atoms in total. The Labute approximate surface area is 84.9 Å². The first kappa shape index (κ1) is 11.7. The molecule has 2 atom stereocenters. The molecular weight excluding hydrogens is 182 g/mol. The van der Waals surface area contributed by atoms with Gasteiger partial charge in [-0.15, -0.1) is 0 Å². The minimum atomic E-state index is -0.379. The van der Waals surface area contributed by atoms with Crippen LogP contribution in [0.1, 0.15) is 6.92 Å². The molecule has 0 bridgehead atoms. The fourth-order valence-electron chi connectivity index (χ4n) is 1.30. The summed E-state index contributed by atoms with van der Waals surface area (Å²) < 4.78 is 10.4. The van der Waals surface area contributed by atoms with Crippen LogP contribution in [0, 0.1) is 0 Å². The van der Waals surface area contributed by atoms with E-state index in [9.17, 15) is 5.11 Å². The van der Waals surface area contributed by atoms with Gasteiger partial charge in [-0.05, 0) is 6.92 Å². The van der Waals surface area contributed by atoms with Gasteiger partial charge in [-0.1, -0.05) is 12.2 Å². The SMILES string of the molecule is C=C(C)COCCNC1COCC1O. The summed E-state index contributed by atoms with van der Waals surface area (Å²) in [4.78, 5) is 0. The second-order valence-corrected chi connectivity index (χ2v) is 3.68. The van der Waals surface area contributed by atoms with Gasteiger partial charge in [-0.3, -0.25) is 0 Å². The predicted molar refractivity (Wildman–Crippen MR) is 54.2 cm³/mol. The maximum absolute atomic E-state index is 9.39. The second kappa shape index (κ2) is 6.14. The maximum atomic E-state index is 9.39. The van der Waals surface area contributed by atoms with Gasteiger partial charge in [0.15, 0.2) is 0 Å². The topological polar surface area (TPSA) is 50.7 Å². The van der Waals surface area contributed by atoms with Gasteiger partial charge in [0.2, 0.25) is 0 Å². The van der Waals surface area contributed by atoms with E-state index in [1.807, 2.05) is 6.92 Å². The summed E-state index contributed by atoms with van der Waals surface area (Å²) >= 11 is 0. The Bertz CT molecular complexity index is 184. The van der Waals surface area contributed by atoms with E-state index in [-0.39, 0.29) is 12.1 Å². The molecular formula is C10H19NO3. The molecule has 1 saturated heterocycles. The molecule has 0 saturated carbocycles. The molecule has 0 spiro atoms. The van der Waals surface area contributed by atoms with E-state index in [0.717, 1.165) is 12.1 Å². The summed E-state index contributed by atoms with van der Waals surface area (Å²) in [6, 6.07) is 0.0587. The van der Waals surface area contributed by atoms with Crippen molar-refractivity contribution in [2.45, 2.75) is 19.1 Å². The smallest absolute Gasteiger partial charge is 0.0948 e. The minimum absolute atomic E-state index is 0.0587. The van der Waals surface area contributed by atoms with Crippen molar-refractivity contribution >= 4 is 0 Å². The minimum Gasteiger partial charge on any atom is -0.389 e. The highest BCUT2D eigenvalue weighted by molar-refractivity contribution is 4.87. The standard InChI is InChI=1S/C10H19NO3/c1-8(2)5-13-4-3-11-9-6-14-7-10(9)12/h9-12H,1,3-7H2,2H3. The van der Waals surface area contributed by atoms with E-state index in [1.165, 1.54) is 0 Å². The number of hydrogen-bond donors (Lipinski definition) is 2. The first-order valence-corrected chi connectivity index (χ1v) is 4.91. The number of hydrogen-bond acceptors (Lipinski definition) is 4. The number of aliphatic hydroxyl groups is 1. The first-order chi connectivity index (χ1) is 6.70. The van der Waals surface area contributed by atoms with Gasteiger partial charge in [0, 0.05) is 6.54 Å². The van der Waals surface area contributed by atoms with Gasteiger partial charge in [-0.25, -0.2) is 0 Å². The van der Waals surface area contributed by atoms with Crippen LogP contribution < -0.4 is 5.32 Å². The van der Waals surface area contributed by atoms with Crippen molar-refractivity contribution < 1.29 is 14.6 Å². The van der Waals surface area contributed by atoms with Crippen LogP contribution in [0.5, 0.6) is 0 Å². The zero-order valence-corrected chi connectivity index (χ0v) is 8.66. The molecule has 0 aromatic carbocycles. The number of nitrogens with one attached hydrogen (secondary N) is 1. The molecule has 1 rings (SSSR count). The highest BCUT2D eigenvalue weighted by Crippen LogP contribution is 2.04. The summed E-state index contributed by atoms with van der Waals surface area (Å²) in [5.41, 5.74) is 1.02. The van der Waals surface area contributed by atoms with Gasteiger partial charge in [-0.2, -0.15) is 0 Å². The summed E-state index contributed by atoms with van der Waals surface area (Å²) in [6.07, 6.45) is -0.379. The highest BCUT2D eigenvalue weighted by Gasteiger charge is 2.24. The lowest BCUT2D eigenvalue weighted by Crippen LogP contribution is -2.40. The molecule has 1 fully saturated rings. The van der Waals surface area contributed by atoms with Crippen molar-refractivity contribution in [3.63, 3.8) is 0 Å². The zero-order valence-electron chi connectivity index (χ0n) is 8.66. The Kier molecular flexibility index (Phi) is 5.11. The Hall–Kier alpha value is -0.420. The van der Waals surface area contributed by atoms with E-state index in [1.54, 1.807) is 0 Å². The van der Waals surface area contributed by atoms with Crippen molar-refractivity contribution in [3.05, 3.63) is 12.2 Å². The van der Waals surface area contributed by atoms with Crippen LogP contribution in [-0.2, 0) is 9.47 Å². The van der Waals surface area contributed by atoms with Gasteiger partial charge >= 0.3 is 0 Å². The van der Waals surface area contributed by atoms with Crippen LogP contribution >= 0.6 is 0 Å². The van der Waals surface area contributed by atoms with E-state index in [4.69, 9.17) is 9.47 Å². The molecule has 1 heterocycles. The Morgan fingerprint density at radius 2 is 2.43 bits per heavy atom. The van der Waals surface area contributed by atoms with Crippen LogP contribution in [0.3, 0.4) is 0 Å². The van der Waals surface area contributed by atoms with Gasteiger partial charge in [0.05, 0.1) is 38.6 Å². The molecule has 0 radical (unpaired) electrons. The highest BCUT2D eigenvalue weighted by atomic mass is 16.5. The summed E-state index contributed by atoms with van der Waals surface area (Å²) in [7, 11) is 0. The third-order valence-electron chi connectivity index (χ3n) is 2.05. The quantitative estimate of drug-likeness (QED) is 0.466. The molecule has 0 aliphatic carbocycles. The van der Waals surface area contributed by atoms with Crippen molar-refractivity contribution in [2.75, 3.05) is 33.0 Å². The number of aliphatic hydroxyl groups excluding tert-OH is 1. The van der Waals surface area contributed by atoms with E-state index >= 15 is 0 Å². The average molecular weight is 201 g/mol. The van der Waals surface area contributed by atoms with Crippen LogP contribution in [-0.4, -0.2) is 50.2 Å². The average Bonchev–Trinajstić information content (AvgIpc) is 2.51. The Balaban J connectivity index is 1.95. The van der Waals surface area contributed by atoms with Gasteiger partial charge in [0.25, 0.3) is 0 Å². The van der Waals surface area contributed by atoms with Crippen LogP contribution in [0.2, 0.25) is 0 Å². The molecule has 1 aliphatic rings. The predicted octanol–water partition coefficient (Wildman–Crippen LogP) is -0.0716. The fraction of sp³-hybridized carbons (Fsp3) is 0.800. The third-order valence-corrected chi connectivity index (χ3v) is 2.05. The fourth-order valence-corrected chi connectivity index (χ4v) is 1.30. The lowest BCUT2D eigenvalue weighted by Gasteiger charge is -2.14. The molecule has 0 aromatic rings. The van der Waals surface area contributed by atoms with Crippen molar-refractivity contribution in [1.29, 1.82) is 0 Å². The summed E-state index contributed by atoms with van der Waals surface area (Å²) in [5.74, 6) is 0. The molecule has 4 heteroatoms. The summed E-state index contributed by atoms with van der Waals surface area (Å²) in [6.45, 7) is 8.66. The molecule has 0 amide bonds. The lowest BCUT2D eigenvalue weighted by atomic mass is 10.2. The van der Waals surface area contributed by atoms with Crippen molar-refractivity contribution in [1.82, 2.24) is 5.32 Å². The molecule has 82 valence electrons. The lowest BCUT2D eigenvalue weighted by molar-refractivity contribution is 0.119. The van der Waals surface area contributed by atoms with E-state index in [0.29, 0.717) is 26.4 Å². The first-order valence-electron chi connectivity index (χ1n) is 4.91. The number of ether oxygens (including phenoxy) is 2. The molecule has 2 N–H and O–H groups in total. The van der Waals surface area contributed by atoms with Gasteiger partial charge < -0.3 is 19.9 Å². The normalized spacial score (nSPS) is 26.7. The zero-order chi connectivity index (χ0) is 10.4. The largest absolute Gasteiger partial charge is 0.389 e. The van der Waals surface area contributed by atoms with Crippen LogP contribution in [0.15, 0.2) is 12.2 Å². The Morgan fingerprint density at radius 3 is 3.00 bits per heavy atom. The third kappa shape index (κ3) is 4.19. The van der Waals surface area contributed by atoms with Crippen LogP contribution in [0.4, 0.5) is 0 Å². The molecule has 2 unspecified atom stereocenters.